The third-order valence-electron chi connectivity index (χ3n) is 2.22. The van der Waals surface area contributed by atoms with Gasteiger partial charge in [-0.25, -0.2) is 9.97 Å². The SMILES string of the molecule is Cc1cc(C)on1.Cc1cnc(C)o1.Cc1cnc(C)s1. The fourth-order valence-corrected chi connectivity index (χ4v) is 2.10. The van der Waals surface area contributed by atoms with E-state index in [-0.39, 0.29) is 0 Å². The molecular formula is C15H21N3O2S. The molecule has 0 unspecified atom stereocenters. The van der Waals surface area contributed by atoms with Crippen molar-refractivity contribution in [2.24, 2.45) is 0 Å². The predicted molar refractivity (Wildman–Crippen MR) is 83.5 cm³/mol. The molecule has 0 aromatic carbocycles. The second-order valence-electron chi connectivity index (χ2n) is 4.56. The number of rotatable bonds is 0. The van der Waals surface area contributed by atoms with E-state index in [1.165, 1.54) is 4.88 Å². The predicted octanol–water partition coefficient (Wildman–Crippen LogP) is 4.34. The Bertz CT molecular complexity index is 515. The molecular weight excluding hydrogens is 286 g/mol. The van der Waals surface area contributed by atoms with Gasteiger partial charge in [-0.1, -0.05) is 5.16 Å². The standard InChI is InChI=1S/2C5H7NO.C5H7NS/c1-4-3-6-5(2)7-4;1-4-3-5(2)7-6-4;1-4-3-6-5(2)7-4/h3*3H,1-2H3. The molecule has 0 aliphatic heterocycles. The van der Waals surface area contributed by atoms with Crippen LogP contribution in [-0.4, -0.2) is 15.1 Å². The van der Waals surface area contributed by atoms with E-state index in [4.69, 9.17) is 8.94 Å². The van der Waals surface area contributed by atoms with Crippen molar-refractivity contribution in [3.63, 3.8) is 0 Å². The lowest BCUT2D eigenvalue weighted by Crippen LogP contribution is -1.59. The Hall–Kier alpha value is -1.95. The quantitative estimate of drug-likeness (QED) is 0.618. The Morgan fingerprint density at radius 2 is 1.62 bits per heavy atom. The molecule has 3 aromatic rings. The first kappa shape index (κ1) is 17.1. The summed E-state index contributed by atoms with van der Waals surface area (Å²) in [5.74, 6) is 2.48. The highest BCUT2D eigenvalue weighted by atomic mass is 32.1. The van der Waals surface area contributed by atoms with Gasteiger partial charge in [0.1, 0.15) is 11.5 Å². The molecule has 3 rings (SSSR count). The lowest BCUT2D eigenvalue weighted by Gasteiger charge is -1.73. The van der Waals surface area contributed by atoms with Crippen LogP contribution in [0.1, 0.15) is 33.0 Å². The van der Waals surface area contributed by atoms with Gasteiger partial charge in [0.15, 0.2) is 5.89 Å². The molecule has 0 radical (unpaired) electrons. The van der Waals surface area contributed by atoms with Crippen LogP contribution in [0.2, 0.25) is 0 Å². The molecule has 0 atom stereocenters. The van der Waals surface area contributed by atoms with Crippen molar-refractivity contribution in [3.05, 3.63) is 51.4 Å². The van der Waals surface area contributed by atoms with Gasteiger partial charge in [-0.2, -0.15) is 0 Å². The van der Waals surface area contributed by atoms with E-state index < -0.39 is 0 Å². The summed E-state index contributed by atoms with van der Waals surface area (Å²) in [6.07, 6.45) is 3.59. The number of oxazole rings is 1. The molecule has 21 heavy (non-hydrogen) atoms. The maximum atomic E-state index is 4.97. The van der Waals surface area contributed by atoms with Crippen molar-refractivity contribution < 1.29 is 8.94 Å². The van der Waals surface area contributed by atoms with E-state index in [2.05, 4.69) is 22.0 Å². The van der Waals surface area contributed by atoms with Crippen LogP contribution >= 0.6 is 11.3 Å². The Balaban J connectivity index is 0.000000157. The molecule has 0 fully saturated rings. The molecule has 0 amide bonds. The van der Waals surface area contributed by atoms with Crippen LogP contribution in [0.25, 0.3) is 0 Å². The molecule has 0 saturated carbocycles. The van der Waals surface area contributed by atoms with E-state index >= 15 is 0 Å². The van der Waals surface area contributed by atoms with E-state index in [1.807, 2.05) is 46.9 Å². The smallest absolute Gasteiger partial charge is 0.191 e. The molecule has 0 saturated heterocycles. The highest BCUT2D eigenvalue weighted by Crippen LogP contribution is 2.07. The van der Waals surface area contributed by atoms with Crippen molar-refractivity contribution in [1.82, 2.24) is 15.1 Å². The van der Waals surface area contributed by atoms with Crippen LogP contribution in [-0.2, 0) is 0 Å². The minimum Gasteiger partial charge on any atom is -0.446 e. The van der Waals surface area contributed by atoms with Crippen molar-refractivity contribution in [3.8, 4) is 0 Å². The van der Waals surface area contributed by atoms with Gasteiger partial charge in [-0.05, 0) is 34.6 Å². The second-order valence-corrected chi connectivity index (χ2v) is 6.00. The van der Waals surface area contributed by atoms with Gasteiger partial charge < -0.3 is 8.94 Å². The third-order valence-corrected chi connectivity index (χ3v) is 3.05. The average Bonchev–Trinajstić information content (AvgIpc) is 3.06. The summed E-state index contributed by atoms with van der Waals surface area (Å²) >= 11 is 1.73. The zero-order valence-corrected chi connectivity index (χ0v) is 14.1. The number of thiazole rings is 1. The minimum absolute atomic E-state index is 0.734. The molecule has 0 N–H and O–H groups in total. The number of aryl methyl sites for hydroxylation is 6. The molecule has 0 bridgehead atoms. The summed E-state index contributed by atoms with van der Waals surface area (Å²) in [7, 11) is 0. The summed E-state index contributed by atoms with van der Waals surface area (Å²) < 4.78 is 9.69. The maximum Gasteiger partial charge on any atom is 0.191 e. The lowest BCUT2D eigenvalue weighted by molar-refractivity contribution is 0.393. The largest absolute Gasteiger partial charge is 0.446 e. The lowest BCUT2D eigenvalue weighted by atomic mass is 10.4. The van der Waals surface area contributed by atoms with E-state index in [1.54, 1.807) is 17.5 Å². The van der Waals surface area contributed by atoms with Crippen LogP contribution in [0.5, 0.6) is 0 Å². The summed E-state index contributed by atoms with van der Waals surface area (Å²) in [5, 5.41) is 4.79. The van der Waals surface area contributed by atoms with Gasteiger partial charge in [0.05, 0.1) is 16.9 Å². The highest BCUT2D eigenvalue weighted by Gasteiger charge is 1.88. The molecule has 0 spiro atoms. The monoisotopic (exact) mass is 307 g/mol. The van der Waals surface area contributed by atoms with Crippen molar-refractivity contribution >= 4 is 11.3 Å². The summed E-state index contributed by atoms with van der Waals surface area (Å²) in [6, 6.07) is 1.89. The number of hydrogen-bond acceptors (Lipinski definition) is 6. The van der Waals surface area contributed by atoms with Crippen LogP contribution in [0, 0.1) is 41.5 Å². The van der Waals surface area contributed by atoms with Gasteiger partial charge in [0, 0.05) is 24.1 Å². The van der Waals surface area contributed by atoms with Crippen molar-refractivity contribution in [1.29, 1.82) is 0 Å². The Labute approximate surface area is 129 Å². The highest BCUT2D eigenvalue weighted by molar-refractivity contribution is 7.11. The first-order valence-corrected chi connectivity index (χ1v) is 7.36. The van der Waals surface area contributed by atoms with Gasteiger partial charge in [0.25, 0.3) is 0 Å². The zero-order valence-electron chi connectivity index (χ0n) is 13.3. The molecule has 0 aliphatic carbocycles. The summed E-state index contributed by atoms with van der Waals surface area (Å²) in [5.41, 5.74) is 0.942. The van der Waals surface area contributed by atoms with Crippen LogP contribution in [0.3, 0.4) is 0 Å². The first-order valence-electron chi connectivity index (χ1n) is 6.55. The molecule has 5 nitrogen and oxygen atoms in total. The van der Waals surface area contributed by atoms with Crippen LogP contribution in [0.4, 0.5) is 0 Å². The third kappa shape index (κ3) is 7.41. The Kier molecular flexibility index (Phi) is 6.81. The average molecular weight is 307 g/mol. The van der Waals surface area contributed by atoms with E-state index in [0.29, 0.717) is 0 Å². The normalized spacial score (nSPS) is 9.43. The maximum absolute atomic E-state index is 4.97. The first-order chi connectivity index (χ1) is 9.86. The number of aromatic nitrogens is 3. The van der Waals surface area contributed by atoms with Gasteiger partial charge in [-0.3, -0.25) is 0 Å². The zero-order chi connectivity index (χ0) is 15.8. The van der Waals surface area contributed by atoms with Gasteiger partial charge in [0.2, 0.25) is 0 Å². The molecule has 0 aliphatic rings. The van der Waals surface area contributed by atoms with Crippen LogP contribution < -0.4 is 0 Å². The van der Waals surface area contributed by atoms with Crippen molar-refractivity contribution in [2.45, 2.75) is 41.5 Å². The Morgan fingerprint density at radius 1 is 0.905 bits per heavy atom. The van der Waals surface area contributed by atoms with Crippen molar-refractivity contribution in [2.75, 3.05) is 0 Å². The van der Waals surface area contributed by atoms with Gasteiger partial charge in [-0.15, -0.1) is 11.3 Å². The number of hydrogen-bond donors (Lipinski definition) is 0. The fraction of sp³-hybridized carbons (Fsp3) is 0.400. The summed E-state index contributed by atoms with van der Waals surface area (Å²) in [6.45, 7) is 11.5. The Morgan fingerprint density at radius 3 is 1.76 bits per heavy atom. The second kappa shape index (κ2) is 8.36. The molecule has 3 heterocycles. The van der Waals surface area contributed by atoms with E-state index in [9.17, 15) is 0 Å². The topological polar surface area (TPSA) is 65.0 Å². The summed E-state index contributed by atoms with van der Waals surface area (Å²) in [4.78, 5) is 9.17. The molecule has 6 heteroatoms. The number of nitrogens with zero attached hydrogens (tertiary/aromatic N) is 3. The van der Waals surface area contributed by atoms with E-state index in [0.717, 1.165) is 28.1 Å². The molecule has 114 valence electrons. The van der Waals surface area contributed by atoms with Crippen LogP contribution in [0.15, 0.2) is 27.4 Å². The fourth-order valence-electron chi connectivity index (χ4n) is 1.43. The minimum atomic E-state index is 0.734. The molecule has 3 aromatic heterocycles. The van der Waals surface area contributed by atoms with Gasteiger partial charge >= 0.3 is 0 Å².